The summed E-state index contributed by atoms with van der Waals surface area (Å²) in [7, 11) is 0. The average Bonchev–Trinajstić information content (AvgIpc) is 2.75. The second-order valence-corrected chi connectivity index (χ2v) is 6.76. The first-order valence-corrected chi connectivity index (χ1v) is 8.12. The summed E-state index contributed by atoms with van der Waals surface area (Å²) in [5.41, 5.74) is 1.23. The number of hydrogen-bond donors (Lipinski definition) is 1. The van der Waals surface area contributed by atoms with Crippen molar-refractivity contribution in [3.05, 3.63) is 29.1 Å². The molecule has 2 amide bonds. The first-order chi connectivity index (χ1) is 11.1. The average molecular weight is 336 g/mol. The van der Waals surface area contributed by atoms with Gasteiger partial charge in [-0.05, 0) is 56.9 Å². The van der Waals surface area contributed by atoms with Crippen LogP contribution in [-0.4, -0.2) is 35.1 Å². The molecule has 132 valence electrons. The number of hydrogen-bond acceptors (Lipinski definition) is 3. The third kappa shape index (κ3) is 3.93. The van der Waals surface area contributed by atoms with Crippen LogP contribution in [0.15, 0.2) is 12.1 Å². The lowest BCUT2D eigenvalue weighted by molar-refractivity contribution is -0.143. The standard InChI is InChI=1S/C18H25FN2O3/c1-11-14(8-15(9-17(11)19)20-12(2)22)6-7-16-10-24-18(4,5)21(16)13(3)23/h8-9,16H,6-7,10H2,1-5H3,(H,20,22)/t16-/m0/s1. The molecule has 0 aliphatic carbocycles. The number of ether oxygens (including phenoxy) is 1. The summed E-state index contributed by atoms with van der Waals surface area (Å²) < 4.78 is 19.8. The highest BCUT2D eigenvalue weighted by molar-refractivity contribution is 5.88. The summed E-state index contributed by atoms with van der Waals surface area (Å²) in [6.45, 7) is 8.86. The van der Waals surface area contributed by atoms with Gasteiger partial charge in [-0.1, -0.05) is 0 Å². The molecule has 1 aromatic carbocycles. The molecule has 1 fully saturated rings. The molecule has 1 atom stereocenters. The molecule has 1 saturated heterocycles. The van der Waals surface area contributed by atoms with Gasteiger partial charge < -0.3 is 15.0 Å². The third-order valence-electron chi connectivity index (χ3n) is 4.43. The zero-order chi connectivity index (χ0) is 18.1. The van der Waals surface area contributed by atoms with Crippen molar-refractivity contribution in [3.8, 4) is 0 Å². The number of anilines is 1. The van der Waals surface area contributed by atoms with E-state index in [1.807, 2.05) is 13.8 Å². The fourth-order valence-electron chi connectivity index (χ4n) is 3.33. The van der Waals surface area contributed by atoms with E-state index in [1.54, 1.807) is 17.9 Å². The van der Waals surface area contributed by atoms with Crippen LogP contribution in [0.4, 0.5) is 10.1 Å². The maximum absolute atomic E-state index is 14.1. The number of aryl methyl sites for hydroxylation is 1. The lowest BCUT2D eigenvalue weighted by Crippen LogP contribution is -2.46. The first kappa shape index (κ1) is 18.4. The number of nitrogens with zero attached hydrogens (tertiary/aromatic N) is 1. The lowest BCUT2D eigenvalue weighted by Gasteiger charge is -2.32. The topological polar surface area (TPSA) is 58.6 Å². The Morgan fingerprint density at radius 1 is 1.38 bits per heavy atom. The van der Waals surface area contributed by atoms with E-state index < -0.39 is 5.72 Å². The molecule has 1 N–H and O–H groups in total. The van der Waals surface area contributed by atoms with Crippen LogP contribution in [0.3, 0.4) is 0 Å². The predicted molar refractivity (Wildman–Crippen MR) is 90.1 cm³/mol. The SMILES string of the molecule is CC(=O)Nc1cc(F)c(C)c(CC[C@H]2COC(C)(C)N2C(C)=O)c1. The molecule has 24 heavy (non-hydrogen) atoms. The Bertz CT molecular complexity index is 658. The van der Waals surface area contributed by atoms with E-state index in [-0.39, 0.29) is 23.7 Å². The highest BCUT2D eigenvalue weighted by Crippen LogP contribution is 2.30. The molecular formula is C18H25FN2O3. The lowest BCUT2D eigenvalue weighted by atomic mass is 9.99. The molecule has 0 spiro atoms. The molecule has 0 aromatic heterocycles. The quantitative estimate of drug-likeness (QED) is 0.919. The van der Waals surface area contributed by atoms with E-state index in [2.05, 4.69) is 5.32 Å². The molecule has 1 heterocycles. The fraction of sp³-hybridized carbons (Fsp3) is 0.556. The summed E-state index contributed by atoms with van der Waals surface area (Å²) in [6, 6.07) is 3.08. The van der Waals surface area contributed by atoms with Crippen LogP contribution in [0.5, 0.6) is 0 Å². The van der Waals surface area contributed by atoms with Gasteiger partial charge in [0.25, 0.3) is 0 Å². The largest absolute Gasteiger partial charge is 0.354 e. The van der Waals surface area contributed by atoms with E-state index in [1.165, 1.54) is 19.9 Å². The van der Waals surface area contributed by atoms with Gasteiger partial charge in [-0.3, -0.25) is 9.59 Å². The normalized spacial score (nSPS) is 19.4. The van der Waals surface area contributed by atoms with Gasteiger partial charge in [0.1, 0.15) is 11.5 Å². The van der Waals surface area contributed by atoms with Crippen LogP contribution in [0, 0.1) is 12.7 Å². The number of rotatable bonds is 4. The Morgan fingerprint density at radius 2 is 2.04 bits per heavy atom. The van der Waals surface area contributed by atoms with Crippen LogP contribution in [0.1, 0.15) is 45.2 Å². The number of nitrogens with one attached hydrogen (secondary N) is 1. The van der Waals surface area contributed by atoms with Gasteiger partial charge in [0, 0.05) is 19.5 Å². The van der Waals surface area contributed by atoms with Crippen LogP contribution in [-0.2, 0) is 20.7 Å². The molecule has 0 unspecified atom stereocenters. The molecular weight excluding hydrogens is 311 g/mol. The number of carbonyl (C=O) groups excluding carboxylic acids is 2. The van der Waals surface area contributed by atoms with E-state index in [0.717, 1.165) is 5.56 Å². The predicted octanol–water partition coefficient (Wildman–Crippen LogP) is 3.01. The van der Waals surface area contributed by atoms with E-state index in [0.29, 0.717) is 30.7 Å². The minimum atomic E-state index is -0.616. The number of halogens is 1. The summed E-state index contributed by atoms with van der Waals surface area (Å²) in [4.78, 5) is 24.8. The minimum absolute atomic E-state index is 0.0302. The Hall–Kier alpha value is -1.95. The molecule has 0 bridgehead atoms. The minimum Gasteiger partial charge on any atom is -0.354 e. The first-order valence-electron chi connectivity index (χ1n) is 8.12. The summed E-state index contributed by atoms with van der Waals surface area (Å²) in [5.74, 6) is -0.613. The van der Waals surface area contributed by atoms with Gasteiger partial charge in [-0.25, -0.2) is 4.39 Å². The monoisotopic (exact) mass is 336 g/mol. The smallest absolute Gasteiger partial charge is 0.222 e. The summed E-state index contributed by atoms with van der Waals surface area (Å²) in [6.07, 6.45) is 1.27. The molecule has 6 heteroatoms. The van der Waals surface area contributed by atoms with E-state index >= 15 is 0 Å². The van der Waals surface area contributed by atoms with E-state index in [4.69, 9.17) is 4.74 Å². The maximum Gasteiger partial charge on any atom is 0.222 e. The summed E-state index contributed by atoms with van der Waals surface area (Å²) in [5, 5.41) is 2.61. The van der Waals surface area contributed by atoms with Crippen molar-refractivity contribution < 1.29 is 18.7 Å². The Kier molecular flexibility index (Phi) is 5.28. The van der Waals surface area contributed by atoms with Crippen molar-refractivity contribution in [1.29, 1.82) is 0 Å². The summed E-state index contributed by atoms with van der Waals surface area (Å²) >= 11 is 0. The Labute approximate surface area is 142 Å². The van der Waals surface area contributed by atoms with Crippen molar-refractivity contribution in [2.75, 3.05) is 11.9 Å². The van der Waals surface area contributed by atoms with Gasteiger partial charge >= 0.3 is 0 Å². The molecule has 1 aliphatic heterocycles. The molecule has 0 radical (unpaired) electrons. The zero-order valence-corrected chi connectivity index (χ0v) is 14.9. The third-order valence-corrected chi connectivity index (χ3v) is 4.43. The molecule has 1 aliphatic rings. The van der Waals surface area contributed by atoms with Crippen LogP contribution in [0.25, 0.3) is 0 Å². The van der Waals surface area contributed by atoms with Crippen molar-refractivity contribution in [2.24, 2.45) is 0 Å². The zero-order valence-electron chi connectivity index (χ0n) is 14.9. The number of carbonyl (C=O) groups is 2. The van der Waals surface area contributed by atoms with E-state index in [9.17, 15) is 14.0 Å². The van der Waals surface area contributed by atoms with Crippen molar-refractivity contribution in [3.63, 3.8) is 0 Å². The second-order valence-electron chi connectivity index (χ2n) is 6.76. The van der Waals surface area contributed by atoms with Gasteiger partial charge in [-0.2, -0.15) is 0 Å². The van der Waals surface area contributed by atoms with Gasteiger partial charge in [0.15, 0.2) is 0 Å². The van der Waals surface area contributed by atoms with Gasteiger partial charge in [0.2, 0.25) is 11.8 Å². The van der Waals surface area contributed by atoms with Crippen molar-refractivity contribution in [1.82, 2.24) is 4.90 Å². The van der Waals surface area contributed by atoms with Gasteiger partial charge in [-0.15, -0.1) is 0 Å². The van der Waals surface area contributed by atoms with Crippen LogP contribution >= 0.6 is 0 Å². The second kappa shape index (κ2) is 6.89. The highest BCUT2D eigenvalue weighted by Gasteiger charge is 2.41. The highest BCUT2D eigenvalue weighted by atomic mass is 19.1. The van der Waals surface area contributed by atoms with Crippen LogP contribution in [0.2, 0.25) is 0 Å². The molecule has 5 nitrogen and oxygen atoms in total. The Balaban J connectivity index is 2.15. The van der Waals surface area contributed by atoms with Crippen LogP contribution < -0.4 is 5.32 Å². The molecule has 0 saturated carbocycles. The van der Waals surface area contributed by atoms with Crippen molar-refractivity contribution in [2.45, 2.75) is 59.2 Å². The Morgan fingerprint density at radius 3 is 2.62 bits per heavy atom. The molecule has 2 rings (SSSR count). The molecule has 1 aromatic rings. The number of benzene rings is 1. The maximum atomic E-state index is 14.1. The van der Waals surface area contributed by atoms with Crippen molar-refractivity contribution >= 4 is 17.5 Å². The van der Waals surface area contributed by atoms with Gasteiger partial charge in [0.05, 0.1) is 12.6 Å². The number of amides is 2. The fourth-order valence-corrected chi connectivity index (χ4v) is 3.33.